The molecule has 1 aromatic heterocycles. The van der Waals surface area contributed by atoms with Gasteiger partial charge in [0, 0.05) is 31.9 Å². The van der Waals surface area contributed by atoms with Crippen LogP contribution in [0.3, 0.4) is 0 Å². The van der Waals surface area contributed by atoms with Crippen molar-refractivity contribution < 1.29 is 13.2 Å². The summed E-state index contributed by atoms with van der Waals surface area (Å²) < 4.78 is 36.8. The Morgan fingerprint density at radius 1 is 1.04 bits per heavy atom. The zero-order valence-corrected chi connectivity index (χ0v) is 14.7. The molecule has 6 heteroatoms. The van der Waals surface area contributed by atoms with Crippen LogP contribution in [0.2, 0.25) is 0 Å². The number of pyridine rings is 1. The molecule has 1 aromatic rings. The van der Waals surface area contributed by atoms with Gasteiger partial charge in [0.05, 0.1) is 0 Å². The summed E-state index contributed by atoms with van der Waals surface area (Å²) in [7, 11) is 0. The summed E-state index contributed by atoms with van der Waals surface area (Å²) in [6, 6.07) is 4.10. The molecule has 2 fully saturated rings. The van der Waals surface area contributed by atoms with Gasteiger partial charge >= 0.3 is 6.18 Å². The molecule has 0 saturated carbocycles. The van der Waals surface area contributed by atoms with Crippen molar-refractivity contribution in [2.24, 2.45) is 11.8 Å². The van der Waals surface area contributed by atoms with E-state index >= 15 is 0 Å². The molecule has 2 saturated heterocycles. The predicted octanol–water partition coefficient (Wildman–Crippen LogP) is 3.96. The van der Waals surface area contributed by atoms with Gasteiger partial charge < -0.3 is 4.90 Å². The van der Waals surface area contributed by atoms with Crippen molar-refractivity contribution in [3.05, 3.63) is 30.1 Å². The first-order chi connectivity index (χ1) is 12.0. The number of halogens is 3. The van der Waals surface area contributed by atoms with Crippen LogP contribution in [0.5, 0.6) is 0 Å². The fourth-order valence-electron chi connectivity index (χ4n) is 4.29. The summed E-state index contributed by atoms with van der Waals surface area (Å²) >= 11 is 0. The third-order valence-corrected chi connectivity index (χ3v) is 5.67. The molecule has 25 heavy (non-hydrogen) atoms. The van der Waals surface area contributed by atoms with E-state index < -0.39 is 12.6 Å². The normalized spacial score (nSPS) is 24.0. The van der Waals surface area contributed by atoms with E-state index in [9.17, 15) is 13.2 Å². The Morgan fingerprint density at radius 2 is 1.76 bits per heavy atom. The van der Waals surface area contributed by atoms with Crippen LogP contribution in [0.1, 0.15) is 37.7 Å². The standard InChI is InChI=1S/C19H28F3N3/c20-19(21,22)7-2-9-24-12-6-18(15-24)17-4-10-25(11-5-17)14-16-3-1-8-23-13-16/h1,3,8,13,17-18H,2,4-7,9-12,14-15H2/t18-/m0/s1. The molecule has 3 nitrogen and oxygen atoms in total. The average Bonchev–Trinajstić information content (AvgIpc) is 3.04. The van der Waals surface area contributed by atoms with E-state index in [4.69, 9.17) is 0 Å². The van der Waals surface area contributed by atoms with E-state index in [0.717, 1.165) is 45.1 Å². The van der Waals surface area contributed by atoms with E-state index in [-0.39, 0.29) is 6.42 Å². The Bertz CT molecular complexity index is 512. The molecule has 2 aliphatic rings. The van der Waals surface area contributed by atoms with Crippen LogP contribution in [0.4, 0.5) is 13.2 Å². The second-order valence-electron chi connectivity index (χ2n) is 7.54. The van der Waals surface area contributed by atoms with Gasteiger partial charge in [-0.3, -0.25) is 9.88 Å². The number of alkyl halides is 3. The lowest BCUT2D eigenvalue weighted by Crippen LogP contribution is -2.36. The third kappa shape index (κ3) is 5.96. The maximum atomic E-state index is 12.3. The lowest BCUT2D eigenvalue weighted by atomic mass is 9.83. The second-order valence-corrected chi connectivity index (χ2v) is 7.54. The summed E-state index contributed by atoms with van der Waals surface area (Å²) in [5, 5.41) is 0. The van der Waals surface area contributed by atoms with Crippen LogP contribution < -0.4 is 0 Å². The van der Waals surface area contributed by atoms with Gasteiger partial charge in [-0.2, -0.15) is 13.2 Å². The highest BCUT2D eigenvalue weighted by molar-refractivity contribution is 5.08. The minimum absolute atomic E-state index is 0.236. The van der Waals surface area contributed by atoms with Crippen LogP contribution in [0, 0.1) is 11.8 Å². The molecule has 0 aliphatic carbocycles. The summed E-state index contributed by atoms with van der Waals surface area (Å²) in [5.74, 6) is 1.41. The molecule has 3 heterocycles. The predicted molar refractivity (Wildman–Crippen MR) is 92.1 cm³/mol. The average molecular weight is 355 g/mol. The lowest BCUT2D eigenvalue weighted by molar-refractivity contribution is -0.136. The highest BCUT2D eigenvalue weighted by Crippen LogP contribution is 2.32. The van der Waals surface area contributed by atoms with Gasteiger partial charge in [0.15, 0.2) is 0 Å². The van der Waals surface area contributed by atoms with Crippen LogP contribution in [-0.4, -0.2) is 53.7 Å². The zero-order chi connectivity index (χ0) is 17.7. The van der Waals surface area contributed by atoms with Crippen molar-refractivity contribution in [3.63, 3.8) is 0 Å². The molecule has 0 bridgehead atoms. The number of piperidine rings is 1. The Labute approximate surface area is 148 Å². The summed E-state index contributed by atoms with van der Waals surface area (Å²) in [4.78, 5) is 8.90. The van der Waals surface area contributed by atoms with Gasteiger partial charge in [-0.25, -0.2) is 0 Å². The fourth-order valence-corrected chi connectivity index (χ4v) is 4.29. The number of hydrogen-bond acceptors (Lipinski definition) is 3. The molecule has 1 atom stereocenters. The quantitative estimate of drug-likeness (QED) is 0.770. The van der Waals surface area contributed by atoms with Gasteiger partial charge in [0.2, 0.25) is 0 Å². The molecular weight excluding hydrogens is 327 g/mol. The third-order valence-electron chi connectivity index (χ3n) is 5.67. The molecule has 140 valence electrons. The highest BCUT2D eigenvalue weighted by Gasteiger charge is 2.32. The van der Waals surface area contributed by atoms with Crippen molar-refractivity contribution in [2.75, 3.05) is 32.7 Å². The van der Waals surface area contributed by atoms with E-state index in [1.54, 1.807) is 6.20 Å². The molecule has 0 amide bonds. The molecular formula is C19H28F3N3. The molecule has 0 unspecified atom stereocenters. The first-order valence-corrected chi connectivity index (χ1v) is 9.40. The van der Waals surface area contributed by atoms with Crippen molar-refractivity contribution in [1.82, 2.24) is 14.8 Å². The second kappa shape index (κ2) is 8.49. The first-order valence-electron chi connectivity index (χ1n) is 9.40. The highest BCUT2D eigenvalue weighted by atomic mass is 19.4. The monoisotopic (exact) mass is 355 g/mol. The molecule has 2 aliphatic heterocycles. The van der Waals surface area contributed by atoms with E-state index in [1.165, 1.54) is 18.4 Å². The van der Waals surface area contributed by atoms with Gasteiger partial charge in [-0.05, 0) is 75.3 Å². The number of aromatic nitrogens is 1. The maximum Gasteiger partial charge on any atom is 0.389 e. The minimum atomic E-state index is -4.01. The number of likely N-dealkylation sites (tertiary alicyclic amines) is 2. The SMILES string of the molecule is FC(F)(F)CCCN1CC[C@H](C2CCN(Cc3cccnc3)CC2)C1. The van der Waals surface area contributed by atoms with E-state index in [0.29, 0.717) is 12.5 Å². The Morgan fingerprint density at radius 3 is 2.44 bits per heavy atom. The largest absolute Gasteiger partial charge is 0.389 e. The van der Waals surface area contributed by atoms with Crippen LogP contribution in [0.15, 0.2) is 24.5 Å². The molecule has 0 spiro atoms. The van der Waals surface area contributed by atoms with Gasteiger partial charge in [0.25, 0.3) is 0 Å². The van der Waals surface area contributed by atoms with E-state index in [1.807, 2.05) is 12.3 Å². The topological polar surface area (TPSA) is 19.4 Å². The number of rotatable bonds is 6. The van der Waals surface area contributed by atoms with Crippen LogP contribution in [-0.2, 0) is 6.54 Å². The Kier molecular flexibility index (Phi) is 6.34. The van der Waals surface area contributed by atoms with Crippen LogP contribution in [0.25, 0.3) is 0 Å². The molecule has 0 aromatic carbocycles. The van der Waals surface area contributed by atoms with Crippen LogP contribution >= 0.6 is 0 Å². The first kappa shape index (κ1) is 18.6. The van der Waals surface area contributed by atoms with Crippen molar-refractivity contribution >= 4 is 0 Å². The number of hydrogen-bond donors (Lipinski definition) is 0. The summed E-state index contributed by atoms with van der Waals surface area (Å²) in [6.45, 7) is 5.75. The smallest absolute Gasteiger partial charge is 0.303 e. The Hall–Kier alpha value is -1.14. The summed E-state index contributed by atoms with van der Waals surface area (Å²) in [5.41, 5.74) is 1.26. The fraction of sp³-hybridized carbons (Fsp3) is 0.737. The molecule has 0 radical (unpaired) electrons. The van der Waals surface area contributed by atoms with Gasteiger partial charge in [-0.1, -0.05) is 6.07 Å². The van der Waals surface area contributed by atoms with Crippen molar-refractivity contribution in [3.8, 4) is 0 Å². The molecule has 3 rings (SSSR count). The van der Waals surface area contributed by atoms with Crippen molar-refractivity contribution in [1.29, 1.82) is 0 Å². The summed E-state index contributed by atoms with van der Waals surface area (Å²) in [6.07, 6.45) is 2.88. The van der Waals surface area contributed by atoms with Gasteiger partial charge in [-0.15, -0.1) is 0 Å². The maximum absolute atomic E-state index is 12.3. The number of nitrogens with zero attached hydrogens (tertiary/aromatic N) is 3. The lowest BCUT2D eigenvalue weighted by Gasteiger charge is -2.35. The van der Waals surface area contributed by atoms with Crippen molar-refractivity contribution in [2.45, 2.75) is 44.8 Å². The van der Waals surface area contributed by atoms with Gasteiger partial charge in [0.1, 0.15) is 0 Å². The molecule has 0 N–H and O–H groups in total. The zero-order valence-electron chi connectivity index (χ0n) is 14.7. The Balaban J connectivity index is 1.36. The van der Waals surface area contributed by atoms with E-state index in [2.05, 4.69) is 20.9 Å². The minimum Gasteiger partial charge on any atom is -0.303 e.